The van der Waals surface area contributed by atoms with Crippen LogP contribution in [0, 0.1) is 0 Å². The third kappa shape index (κ3) is 3.19. The van der Waals surface area contributed by atoms with E-state index in [9.17, 15) is 4.79 Å². The van der Waals surface area contributed by atoms with Crippen LogP contribution in [0.25, 0.3) is 5.65 Å². The molecule has 1 fully saturated rings. The predicted molar refractivity (Wildman–Crippen MR) is 109 cm³/mol. The minimum Gasteiger partial charge on any atom is -0.378 e. The summed E-state index contributed by atoms with van der Waals surface area (Å²) in [7, 11) is 1.72. The molecule has 0 saturated carbocycles. The highest BCUT2D eigenvalue weighted by atomic mass is 35.5. The number of nitrogens with zero attached hydrogens (tertiary/aromatic N) is 4. The number of halogens is 1. The van der Waals surface area contributed by atoms with Gasteiger partial charge in [-0.3, -0.25) is 4.79 Å². The molecule has 5 rings (SSSR count). The van der Waals surface area contributed by atoms with Crippen molar-refractivity contribution in [3.63, 3.8) is 0 Å². The predicted octanol–water partition coefficient (Wildman–Crippen LogP) is 2.33. The summed E-state index contributed by atoms with van der Waals surface area (Å²) in [6, 6.07) is 11.9. The fourth-order valence-electron chi connectivity index (χ4n) is 4.52. The van der Waals surface area contributed by atoms with Crippen molar-refractivity contribution < 1.29 is 9.53 Å². The van der Waals surface area contributed by atoms with Gasteiger partial charge in [0, 0.05) is 44.0 Å². The number of likely N-dealkylation sites (tertiary alicyclic amines) is 1. The van der Waals surface area contributed by atoms with Crippen molar-refractivity contribution >= 4 is 23.2 Å². The van der Waals surface area contributed by atoms with Gasteiger partial charge in [0.05, 0.1) is 11.6 Å². The first-order chi connectivity index (χ1) is 14.1. The summed E-state index contributed by atoms with van der Waals surface area (Å²) in [5.74, 6) is -0.00190. The monoisotopic (exact) mass is 411 g/mol. The Kier molecular flexibility index (Phi) is 4.53. The number of carbonyl (C=O) groups excluding carboxylic acids is 1. The van der Waals surface area contributed by atoms with E-state index in [1.807, 2.05) is 0 Å². The first-order valence-corrected chi connectivity index (χ1v) is 10.1. The molecule has 2 aliphatic heterocycles. The van der Waals surface area contributed by atoms with E-state index >= 15 is 0 Å². The molecule has 3 aromatic rings. The molecule has 8 heteroatoms. The van der Waals surface area contributed by atoms with E-state index in [1.165, 1.54) is 11.1 Å². The molecular formula is C21H22ClN5O2. The zero-order valence-corrected chi connectivity index (χ0v) is 16.9. The van der Waals surface area contributed by atoms with E-state index in [0.717, 1.165) is 19.4 Å². The van der Waals surface area contributed by atoms with Gasteiger partial charge in [0.1, 0.15) is 0 Å². The highest BCUT2D eigenvalue weighted by molar-refractivity contribution is 6.30. The highest BCUT2D eigenvalue weighted by Crippen LogP contribution is 2.33. The molecular weight excluding hydrogens is 390 g/mol. The van der Waals surface area contributed by atoms with Crippen LogP contribution in [0.1, 0.15) is 28.2 Å². The number of fused-ring (bicyclic) bond motifs is 2. The molecule has 2 aromatic heterocycles. The van der Waals surface area contributed by atoms with Gasteiger partial charge in [-0.15, -0.1) is 5.10 Å². The lowest BCUT2D eigenvalue weighted by Crippen LogP contribution is -2.66. The van der Waals surface area contributed by atoms with Crippen LogP contribution in [-0.4, -0.2) is 57.2 Å². The van der Waals surface area contributed by atoms with Crippen molar-refractivity contribution in [2.45, 2.75) is 31.0 Å². The van der Waals surface area contributed by atoms with Crippen molar-refractivity contribution in [1.29, 1.82) is 0 Å². The Bertz CT molecular complexity index is 1080. The Morgan fingerprint density at radius 3 is 2.97 bits per heavy atom. The number of carbonyl (C=O) groups is 1. The van der Waals surface area contributed by atoms with E-state index < -0.39 is 0 Å². The van der Waals surface area contributed by atoms with Crippen LogP contribution in [0.5, 0.6) is 0 Å². The van der Waals surface area contributed by atoms with Gasteiger partial charge in [-0.2, -0.15) is 0 Å². The van der Waals surface area contributed by atoms with Gasteiger partial charge >= 0.3 is 0 Å². The SMILES string of the molecule is CO[C@@H]1CN(C(=O)c2nc3cc(Cl)ccn3n2)CC[C@]12Cc1ccccc1CN2. The summed E-state index contributed by atoms with van der Waals surface area (Å²) in [4.78, 5) is 19.2. The van der Waals surface area contributed by atoms with Gasteiger partial charge in [-0.1, -0.05) is 35.9 Å². The Morgan fingerprint density at radius 1 is 1.31 bits per heavy atom. The van der Waals surface area contributed by atoms with Crippen LogP contribution in [0.4, 0.5) is 0 Å². The number of nitrogens with one attached hydrogen (secondary N) is 1. The second-order valence-electron chi connectivity index (χ2n) is 7.76. The lowest BCUT2D eigenvalue weighted by Gasteiger charge is -2.49. The summed E-state index contributed by atoms with van der Waals surface area (Å²) < 4.78 is 7.44. The number of benzene rings is 1. The molecule has 1 spiro atoms. The second kappa shape index (κ2) is 7.09. The van der Waals surface area contributed by atoms with Crippen molar-refractivity contribution in [1.82, 2.24) is 24.8 Å². The Hall–Kier alpha value is -2.48. The van der Waals surface area contributed by atoms with Crippen LogP contribution in [0.3, 0.4) is 0 Å². The summed E-state index contributed by atoms with van der Waals surface area (Å²) in [6.45, 7) is 1.95. The highest BCUT2D eigenvalue weighted by Gasteiger charge is 2.46. The standard InChI is InChI=1S/C21H22ClN5O2/c1-29-17-13-26(20(28)19-24-18-10-16(22)6-8-27(18)25-19)9-7-21(17)11-14-4-2-3-5-15(14)12-23-21/h2-6,8,10,17,23H,7,9,11-13H2,1H3/t17-,21+/m1/s1. The maximum absolute atomic E-state index is 13.1. The number of methoxy groups -OCH3 is 1. The number of ether oxygens (including phenoxy) is 1. The van der Waals surface area contributed by atoms with Gasteiger partial charge in [-0.05, 0) is 30.0 Å². The number of pyridine rings is 1. The molecule has 1 saturated heterocycles. The lowest BCUT2D eigenvalue weighted by molar-refractivity contribution is -0.0394. The third-order valence-corrected chi connectivity index (χ3v) is 6.38. The summed E-state index contributed by atoms with van der Waals surface area (Å²) >= 11 is 6.01. The van der Waals surface area contributed by atoms with Gasteiger partial charge in [0.2, 0.25) is 5.82 Å². The van der Waals surface area contributed by atoms with Crippen LogP contribution in [-0.2, 0) is 17.7 Å². The quantitative estimate of drug-likeness (QED) is 0.700. The summed E-state index contributed by atoms with van der Waals surface area (Å²) in [5.41, 5.74) is 3.08. The van der Waals surface area contributed by atoms with Crippen LogP contribution >= 0.6 is 11.6 Å². The molecule has 2 atom stereocenters. The largest absolute Gasteiger partial charge is 0.378 e. The molecule has 0 unspecified atom stereocenters. The minimum absolute atomic E-state index is 0.111. The average Bonchev–Trinajstić information content (AvgIpc) is 3.16. The number of amides is 1. The molecule has 0 radical (unpaired) electrons. The zero-order valence-electron chi connectivity index (χ0n) is 16.1. The smallest absolute Gasteiger partial charge is 0.293 e. The third-order valence-electron chi connectivity index (χ3n) is 6.15. The first kappa shape index (κ1) is 18.5. The number of aromatic nitrogens is 3. The zero-order chi connectivity index (χ0) is 20.0. The van der Waals surface area contributed by atoms with Crippen molar-refractivity contribution in [3.8, 4) is 0 Å². The Balaban J connectivity index is 1.37. The van der Waals surface area contributed by atoms with Crippen LogP contribution in [0.15, 0.2) is 42.6 Å². The average molecular weight is 412 g/mol. The fourth-order valence-corrected chi connectivity index (χ4v) is 4.67. The van der Waals surface area contributed by atoms with Crippen LogP contribution < -0.4 is 5.32 Å². The van der Waals surface area contributed by atoms with Crippen LogP contribution in [0.2, 0.25) is 5.02 Å². The Morgan fingerprint density at radius 2 is 2.14 bits per heavy atom. The van der Waals surface area contributed by atoms with Gasteiger partial charge in [0.15, 0.2) is 5.65 Å². The van der Waals surface area contributed by atoms with E-state index in [4.69, 9.17) is 16.3 Å². The molecule has 150 valence electrons. The molecule has 1 amide bonds. The maximum atomic E-state index is 13.1. The van der Waals surface area contributed by atoms with E-state index in [0.29, 0.717) is 23.8 Å². The molecule has 0 bridgehead atoms. The van der Waals surface area contributed by atoms with Gasteiger partial charge < -0.3 is 15.0 Å². The van der Waals surface area contributed by atoms with Crippen molar-refractivity contribution in [3.05, 3.63) is 64.6 Å². The minimum atomic E-state index is -0.182. The number of rotatable bonds is 2. The molecule has 4 heterocycles. The normalized spacial score (nSPS) is 24.1. The van der Waals surface area contributed by atoms with E-state index in [-0.39, 0.29) is 23.4 Å². The summed E-state index contributed by atoms with van der Waals surface area (Å²) in [6.07, 6.45) is 3.30. The van der Waals surface area contributed by atoms with Gasteiger partial charge in [-0.25, -0.2) is 9.50 Å². The number of hydrogen-bond donors (Lipinski definition) is 1. The summed E-state index contributed by atoms with van der Waals surface area (Å²) in [5, 5.41) is 8.58. The maximum Gasteiger partial charge on any atom is 0.293 e. The topological polar surface area (TPSA) is 71.8 Å². The molecule has 7 nitrogen and oxygen atoms in total. The van der Waals surface area contributed by atoms with E-state index in [2.05, 4.69) is 39.7 Å². The van der Waals surface area contributed by atoms with E-state index in [1.54, 1.807) is 34.9 Å². The first-order valence-electron chi connectivity index (χ1n) is 9.74. The number of hydrogen-bond acceptors (Lipinski definition) is 5. The van der Waals surface area contributed by atoms with Crippen molar-refractivity contribution in [2.75, 3.05) is 20.2 Å². The second-order valence-corrected chi connectivity index (χ2v) is 8.20. The lowest BCUT2D eigenvalue weighted by atomic mass is 9.76. The van der Waals surface area contributed by atoms with Gasteiger partial charge in [0.25, 0.3) is 5.91 Å². The Labute approximate surface area is 173 Å². The fraction of sp³-hybridized carbons (Fsp3) is 0.381. The molecule has 0 aliphatic carbocycles. The number of piperidine rings is 1. The molecule has 1 N–H and O–H groups in total. The molecule has 29 heavy (non-hydrogen) atoms. The molecule has 2 aliphatic rings. The molecule has 1 aromatic carbocycles. The van der Waals surface area contributed by atoms with Crippen molar-refractivity contribution in [2.24, 2.45) is 0 Å².